The van der Waals surface area contributed by atoms with Crippen molar-refractivity contribution < 1.29 is 17.6 Å². The first-order valence-electron chi connectivity index (χ1n) is 6.73. The number of halogens is 2. The quantitative estimate of drug-likeness (QED) is 0.876. The Morgan fingerprint density at radius 3 is 2.82 bits per heavy atom. The van der Waals surface area contributed by atoms with E-state index in [-0.39, 0.29) is 23.3 Å². The summed E-state index contributed by atoms with van der Waals surface area (Å²) < 4.78 is 37.7. The summed E-state index contributed by atoms with van der Waals surface area (Å²) in [5.74, 6) is -0.625. The second-order valence-electron chi connectivity index (χ2n) is 5.19. The zero-order valence-corrected chi connectivity index (χ0v) is 13.5. The topological polar surface area (TPSA) is 78.5 Å². The van der Waals surface area contributed by atoms with E-state index in [1.807, 2.05) is 0 Å². The number of carbonyl (C=O) groups is 1. The lowest BCUT2D eigenvalue weighted by atomic mass is 10.1. The van der Waals surface area contributed by atoms with Crippen LogP contribution in [-0.4, -0.2) is 44.1 Å². The summed E-state index contributed by atoms with van der Waals surface area (Å²) in [6, 6.07) is 3.15. The van der Waals surface area contributed by atoms with Crippen LogP contribution in [0.15, 0.2) is 18.2 Å². The van der Waals surface area contributed by atoms with Crippen LogP contribution in [0.4, 0.5) is 14.9 Å². The van der Waals surface area contributed by atoms with E-state index in [1.165, 1.54) is 16.4 Å². The Kier molecular flexibility index (Phi) is 5.25. The SMILES string of the molecule is CS(=O)(=O)N1CCCC(NC(=O)Nc2ccc(Cl)c(F)c2)C1. The molecule has 2 rings (SSSR count). The molecule has 2 N–H and O–H groups in total. The van der Waals surface area contributed by atoms with Crippen molar-refractivity contribution in [3.8, 4) is 0 Å². The molecule has 0 bridgehead atoms. The maximum absolute atomic E-state index is 13.3. The normalized spacial score (nSPS) is 19.7. The molecule has 1 unspecified atom stereocenters. The summed E-state index contributed by atoms with van der Waals surface area (Å²) in [5, 5.41) is 5.16. The number of sulfonamides is 1. The van der Waals surface area contributed by atoms with Crippen LogP contribution in [0.1, 0.15) is 12.8 Å². The average molecular weight is 350 g/mol. The molecule has 1 aromatic rings. The molecule has 122 valence electrons. The third-order valence-corrected chi connectivity index (χ3v) is 4.94. The fourth-order valence-electron chi connectivity index (χ4n) is 2.29. The van der Waals surface area contributed by atoms with Crippen molar-refractivity contribution in [1.29, 1.82) is 0 Å². The third-order valence-electron chi connectivity index (χ3n) is 3.37. The monoisotopic (exact) mass is 349 g/mol. The number of carbonyl (C=O) groups excluding carboxylic acids is 1. The Bertz CT molecular complexity index is 668. The Labute approximate surface area is 133 Å². The van der Waals surface area contributed by atoms with Crippen molar-refractivity contribution in [3.05, 3.63) is 29.0 Å². The van der Waals surface area contributed by atoms with E-state index in [1.54, 1.807) is 0 Å². The van der Waals surface area contributed by atoms with Gasteiger partial charge in [0.25, 0.3) is 0 Å². The van der Waals surface area contributed by atoms with Crippen molar-refractivity contribution in [3.63, 3.8) is 0 Å². The number of hydrogen-bond donors (Lipinski definition) is 2. The van der Waals surface area contributed by atoms with Crippen LogP contribution >= 0.6 is 11.6 Å². The van der Waals surface area contributed by atoms with Crippen LogP contribution in [0.5, 0.6) is 0 Å². The molecule has 0 aromatic heterocycles. The molecule has 1 heterocycles. The molecule has 0 aliphatic carbocycles. The van der Waals surface area contributed by atoms with Gasteiger partial charge in [0, 0.05) is 24.8 Å². The highest BCUT2D eigenvalue weighted by Gasteiger charge is 2.26. The molecule has 9 heteroatoms. The van der Waals surface area contributed by atoms with E-state index in [2.05, 4.69) is 10.6 Å². The summed E-state index contributed by atoms with van der Waals surface area (Å²) in [7, 11) is -3.27. The van der Waals surface area contributed by atoms with Crippen LogP contribution in [0, 0.1) is 5.82 Å². The molecular weight excluding hydrogens is 333 g/mol. The first-order valence-corrected chi connectivity index (χ1v) is 8.96. The second-order valence-corrected chi connectivity index (χ2v) is 7.58. The molecular formula is C13H17ClFN3O3S. The van der Waals surface area contributed by atoms with Gasteiger partial charge in [-0.05, 0) is 31.0 Å². The zero-order valence-electron chi connectivity index (χ0n) is 12.0. The fraction of sp³-hybridized carbons (Fsp3) is 0.462. The molecule has 0 saturated carbocycles. The molecule has 1 fully saturated rings. The van der Waals surface area contributed by atoms with Crippen LogP contribution < -0.4 is 10.6 Å². The lowest BCUT2D eigenvalue weighted by Crippen LogP contribution is -2.50. The zero-order chi connectivity index (χ0) is 16.3. The predicted octanol–water partition coefficient (Wildman–Crippen LogP) is 2.02. The minimum atomic E-state index is -3.27. The number of anilines is 1. The summed E-state index contributed by atoms with van der Waals surface area (Å²) in [4.78, 5) is 11.9. The Balaban J connectivity index is 1.92. The van der Waals surface area contributed by atoms with Crippen molar-refractivity contribution in [2.75, 3.05) is 24.7 Å². The van der Waals surface area contributed by atoms with Crippen LogP contribution in [-0.2, 0) is 10.0 Å². The minimum absolute atomic E-state index is 0.0259. The van der Waals surface area contributed by atoms with Gasteiger partial charge in [-0.1, -0.05) is 11.6 Å². The van der Waals surface area contributed by atoms with Gasteiger partial charge >= 0.3 is 6.03 Å². The fourth-order valence-corrected chi connectivity index (χ4v) is 3.32. The van der Waals surface area contributed by atoms with Crippen LogP contribution in [0.25, 0.3) is 0 Å². The van der Waals surface area contributed by atoms with E-state index in [0.717, 1.165) is 12.3 Å². The third kappa shape index (κ3) is 4.56. The largest absolute Gasteiger partial charge is 0.334 e. The van der Waals surface area contributed by atoms with Gasteiger partial charge in [0.05, 0.1) is 11.3 Å². The molecule has 22 heavy (non-hydrogen) atoms. The maximum atomic E-state index is 13.3. The second kappa shape index (κ2) is 6.80. The summed E-state index contributed by atoms with van der Waals surface area (Å²) in [6.07, 6.45) is 2.51. The van der Waals surface area contributed by atoms with Crippen LogP contribution in [0.2, 0.25) is 5.02 Å². The smallest absolute Gasteiger partial charge is 0.319 e. The summed E-state index contributed by atoms with van der Waals surface area (Å²) >= 11 is 5.57. The lowest BCUT2D eigenvalue weighted by molar-refractivity contribution is 0.236. The number of rotatable bonds is 3. The van der Waals surface area contributed by atoms with E-state index in [9.17, 15) is 17.6 Å². The summed E-state index contributed by atoms with van der Waals surface area (Å²) in [6.45, 7) is 0.697. The van der Waals surface area contributed by atoms with E-state index >= 15 is 0 Å². The van der Waals surface area contributed by atoms with Gasteiger partial charge < -0.3 is 10.6 Å². The van der Waals surface area contributed by atoms with Crippen LogP contribution in [0.3, 0.4) is 0 Å². The number of urea groups is 1. The molecule has 0 radical (unpaired) electrons. The van der Waals surface area contributed by atoms with Crippen molar-refractivity contribution in [2.24, 2.45) is 0 Å². The Hall–Kier alpha value is -1.38. The number of amides is 2. The van der Waals surface area contributed by atoms with E-state index in [0.29, 0.717) is 19.4 Å². The predicted molar refractivity (Wildman–Crippen MR) is 83.0 cm³/mol. The van der Waals surface area contributed by atoms with Crippen molar-refractivity contribution >= 4 is 33.3 Å². The van der Waals surface area contributed by atoms with Gasteiger partial charge in [-0.3, -0.25) is 0 Å². The first kappa shape index (κ1) is 17.0. The molecule has 6 nitrogen and oxygen atoms in total. The molecule has 1 aliphatic rings. The van der Waals surface area contributed by atoms with Gasteiger partial charge in [0.15, 0.2) is 0 Å². The Morgan fingerprint density at radius 2 is 2.18 bits per heavy atom. The number of hydrogen-bond acceptors (Lipinski definition) is 3. The van der Waals surface area contributed by atoms with Gasteiger partial charge in [0.2, 0.25) is 10.0 Å². The highest BCUT2D eigenvalue weighted by atomic mass is 35.5. The van der Waals surface area contributed by atoms with Gasteiger partial charge in [0.1, 0.15) is 5.82 Å². The number of nitrogens with zero attached hydrogens (tertiary/aromatic N) is 1. The standard InChI is InChI=1S/C13H17ClFN3O3S/c1-22(20,21)18-6-2-3-10(8-18)17-13(19)16-9-4-5-11(14)12(15)7-9/h4-5,7,10H,2-3,6,8H2,1H3,(H2,16,17,19). The average Bonchev–Trinajstić information content (AvgIpc) is 2.42. The van der Waals surface area contributed by atoms with Gasteiger partial charge in [-0.25, -0.2) is 21.9 Å². The molecule has 1 aromatic carbocycles. The molecule has 1 aliphatic heterocycles. The number of nitrogens with one attached hydrogen (secondary N) is 2. The highest BCUT2D eigenvalue weighted by Crippen LogP contribution is 2.19. The number of benzene rings is 1. The van der Waals surface area contributed by atoms with Gasteiger partial charge in [-0.2, -0.15) is 0 Å². The van der Waals surface area contributed by atoms with E-state index in [4.69, 9.17) is 11.6 Å². The number of piperidine rings is 1. The van der Waals surface area contributed by atoms with E-state index < -0.39 is 21.9 Å². The highest BCUT2D eigenvalue weighted by molar-refractivity contribution is 7.88. The summed E-state index contributed by atoms with van der Waals surface area (Å²) in [5.41, 5.74) is 0.273. The first-order chi connectivity index (χ1) is 10.3. The molecule has 1 saturated heterocycles. The van der Waals surface area contributed by atoms with Gasteiger partial charge in [-0.15, -0.1) is 0 Å². The molecule has 2 amide bonds. The molecule has 0 spiro atoms. The maximum Gasteiger partial charge on any atom is 0.319 e. The van der Waals surface area contributed by atoms with Crippen molar-refractivity contribution in [1.82, 2.24) is 9.62 Å². The van der Waals surface area contributed by atoms with Crippen molar-refractivity contribution in [2.45, 2.75) is 18.9 Å². The minimum Gasteiger partial charge on any atom is -0.334 e. The lowest BCUT2D eigenvalue weighted by Gasteiger charge is -2.31. The Morgan fingerprint density at radius 1 is 1.45 bits per heavy atom. The molecule has 1 atom stereocenters.